The molecular formula is C24H24O6. The van der Waals surface area contributed by atoms with Gasteiger partial charge in [0.25, 0.3) is 0 Å². The maximum absolute atomic E-state index is 9.95. The Morgan fingerprint density at radius 3 is 2.03 bits per heavy atom. The van der Waals surface area contributed by atoms with E-state index < -0.39 is 0 Å². The Morgan fingerprint density at radius 2 is 1.43 bits per heavy atom. The van der Waals surface area contributed by atoms with Crippen molar-refractivity contribution in [3.8, 4) is 34.5 Å². The minimum atomic E-state index is -0.172. The summed E-state index contributed by atoms with van der Waals surface area (Å²) in [6, 6.07) is 15.9. The molecule has 0 aliphatic carbocycles. The number of hydrogen-bond donors (Lipinski definition) is 2. The Kier molecular flexibility index (Phi) is 5.31. The molecule has 0 aromatic heterocycles. The number of fused-ring (bicyclic) bond motifs is 1. The molecule has 1 heterocycles. The third-order valence-electron chi connectivity index (χ3n) is 5.54. The number of ether oxygens (including phenoxy) is 4. The lowest BCUT2D eigenvalue weighted by atomic mass is 9.75. The van der Waals surface area contributed by atoms with Crippen molar-refractivity contribution in [2.45, 2.75) is 11.8 Å². The van der Waals surface area contributed by atoms with Gasteiger partial charge in [-0.15, -0.1) is 0 Å². The fourth-order valence-corrected chi connectivity index (χ4v) is 4.10. The van der Waals surface area contributed by atoms with Crippen molar-refractivity contribution in [3.05, 3.63) is 71.3 Å². The summed E-state index contributed by atoms with van der Waals surface area (Å²) < 4.78 is 22.9. The molecule has 6 nitrogen and oxygen atoms in total. The molecule has 0 amide bonds. The van der Waals surface area contributed by atoms with Gasteiger partial charge in [-0.1, -0.05) is 18.2 Å². The van der Waals surface area contributed by atoms with Gasteiger partial charge in [-0.05, 0) is 23.8 Å². The van der Waals surface area contributed by atoms with Gasteiger partial charge in [0.1, 0.15) is 34.5 Å². The lowest BCUT2D eigenvalue weighted by Gasteiger charge is -2.36. The number of aromatic hydroxyl groups is 2. The van der Waals surface area contributed by atoms with Crippen LogP contribution in [0.4, 0.5) is 0 Å². The van der Waals surface area contributed by atoms with Gasteiger partial charge < -0.3 is 29.2 Å². The van der Waals surface area contributed by atoms with E-state index in [-0.39, 0.29) is 23.3 Å². The van der Waals surface area contributed by atoms with Gasteiger partial charge in [0.2, 0.25) is 0 Å². The first-order valence-electron chi connectivity index (χ1n) is 9.60. The molecule has 0 saturated carbocycles. The molecule has 0 saturated heterocycles. The molecule has 2 atom stereocenters. The van der Waals surface area contributed by atoms with Gasteiger partial charge in [-0.3, -0.25) is 0 Å². The second kappa shape index (κ2) is 8.06. The zero-order valence-electron chi connectivity index (χ0n) is 17.1. The molecule has 0 bridgehead atoms. The van der Waals surface area contributed by atoms with Crippen LogP contribution in [0.3, 0.4) is 0 Å². The van der Waals surface area contributed by atoms with E-state index in [1.165, 1.54) is 0 Å². The van der Waals surface area contributed by atoms with Crippen LogP contribution in [0.2, 0.25) is 0 Å². The standard InChI is InChI=1S/C24H24O6/c1-27-17-11-21(28-2)24(22(12-17)29-3)23-18-9-8-16(26)10-20(18)30-13-19(23)14-4-6-15(25)7-5-14/h4-12,19,23,25-26H,13H2,1-3H3. The Morgan fingerprint density at radius 1 is 0.800 bits per heavy atom. The molecule has 0 radical (unpaired) electrons. The Bertz CT molecular complexity index is 1020. The van der Waals surface area contributed by atoms with Crippen LogP contribution >= 0.6 is 0 Å². The molecular weight excluding hydrogens is 384 g/mol. The van der Waals surface area contributed by atoms with Crippen LogP contribution in [0.5, 0.6) is 34.5 Å². The van der Waals surface area contributed by atoms with Crippen molar-refractivity contribution in [3.63, 3.8) is 0 Å². The summed E-state index contributed by atoms with van der Waals surface area (Å²) in [4.78, 5) is 0. The quantitative estimate of drug-likeness (QED) is 0.650. The number of hydrogen-bond acceptors (Lipinski definition) is 6. The Balaban J connectivity index is 1.96. The van der Waals surface area contributed by atoms with Crippen molar-refractivity contribution in [2.24, 2.45) is 0 Å². The van der Waals surface area contributed by atoms with Crippen molar-refractivity contribution < 1.29 is 29.2 Å². The minimum absolute atomic E-state index is 0.0705. The summed E-state index contributed by atoms with van der Waals surface area (Å²) in [7, 11) is 4.83. The molecule has 156 valence electrons. The summed E-state index contributed by atoms with van der Waals surface area (Å²) in [5, 5.41) is 19.7. The predicted molar refractivity (Wildman–Crippen MR) is 112 cm³/mol. The summed E-state index contributed by atoms with van der Waals surface area (Å²) in [6.45, 7) is 0.393. The van der Waals surface area contributed by atoms with Crippen LogP contribution in [-0.4, -0.2) is 38.1 Å². The molecule has 3 aromatic carbocycles. The second-order valence-corrected chi connectivity index (χ2v) is 7.15. The largest absolute Gasteiger partial charge is 0.508 e. The fraction of sp³-hybridized carbons (Fsp3) is 0.250. The van der Waals surface area contributed by atoms with E-state index >= 15 is 0 Å². The fourth-order valence-electron chi connectivity index (χ4n) is 4.10. The molecule has 4 rings (SSSR count). The van der Waals surface area contributed by atoms with E-state index in [1.54, 1.807) is 45.6 Å². The van der Waals surface area contributed by atoms with Crippen LogP contribution in [0, 0.1) is 0 Å². The first-order chi connectivity index (χ1) is 14.5. The monoisotopic (exact) mass is 408 g/mol. The van der Waals surface area contributed by atoms with Crippen molar-refractivity contribution in [1.82, 2.24) is 0 Å². The number of phenolic OH excluding ortho intramolecular Hbond substituents is 2. The normalized spacial score (nSPS) is 17.6. The highest BCUT2D eigenvalue weighted by atomic mass is 16.5. The zero-order valence-corrected chi connectivity index (χ0v) is 17.1. The number of methoxy groups -OCH3 is 3. The molecule has 0 spiro atoms. The minimum Gasteiger partial charge on any atom is -0.508 e. The molecule has 6 heteroatoms. The molecule has 30 heavy (non-hydrogen) atoms. The van der Waals surface area contributed by atoms with E-state index in [0.717, 1.165) is 16.7 Å². The Hall–Kier alpha value is -3.54. The summed E-state index contributed by atoms with van der Waals surface area (Å²) >= 11 is 0. The van der Waals surface area contributed by atoms with E-state index in [4.69, 9.17) is 18.9 Å². The number of rotatable bonds is 5. The van der Waals surface area contributed by atoms with Gasteiger partial charge in [-0.25, -0.2) is 0 Å². The second-order valence-electron chi connectivity index (χ2n) is 7.15. The highest BCUT2D eigenvalue weighted by Crippen LogP contribution is 2.52. The topological polar surface area (TPSA) is 77.4 Å². The lowest BCUT2D eigenvalue weighted by Crippen LogP contribution is -2.26. The first kappa shape index (κ1) is 19.8. The molecule has 3 aromatic rings. The number of phenols is 2. The highest BCUT2D eigenvalue weighted by Gasteiger charge is 2.37. The predicted octanol–water partition coefficient (Wildman–Crippen LogP) is 4.43. The van der Waals surface area contributed by atoms with Gasteiger partial charge in [0.05, 0.1) is 27.9 Å². The van der Waals surface area contributed by atoms with Gasteiger partial charge in [0, 0.05) is 41.2 Å². The molecule has 2 N–H and O–H groups in total. The average molecular weight is 408 g/mol. The van der Waals surface area contributed by atoms with E-state index in [0.29, 0.717) is 29.6 Å². The zero-order chi connectivity index (χ0) is 21.3. The summed E-state index contributed by atoms with van der Waals surface area (Å²) in [5.41, 5.74) is 2.80. The average Bonchev–Trinajstić information content (AvgIpc) is 2.77. The van der Waals surface area contributed by atoms with Crippen LogP contribution in [0.25, 0.3) is 0 Å². The van der Waals surface area contributed by atoms with Gasteiger partial charge in [0.15, 0.2) is 0 Å². The lowest BCUT2D eigenvalue weighted by molar-refractivity contribution is 0.243. The maximum Gasteiger partial charge on any atom is 0.130 e. The smallest absolute Gasteiger partial charge is 0.130 e. The molecule has 0 fully saturated rings. The summed E-state index contributed by atoms with van der Waals surface area (Å²) in [5.74, 6) is 2.64. The molecule has 1 aliphatic heterocycles. The Labute approximate surface area is 175 Å². The van der Waals surface area contributed by atoms with E-state index in [9.17, 15) is 10.2 Å². The van der Waals surface area contributed by atoms with Crippen molar-refractivity contribution in [2.75, 3.05) is 27.9 Å². The van der Waals surface area contributed by atoms with Crippen LogP contribution in [0.1, 0.15) is 28.5 Å². The third kappa shape index (κ3) is 3.45. The first-order valence-corrected chi connectivity index (χ1v) is 9.60. The van der Waals surface area contributed by atoms with Gasteiger partial charge in [-0.2, -0.15) is 0 Å². The SMILES string of the molecule is COc1cc(OC)c(C2c3ccc(O)cc3OCC2c2ccc(O)cc2)c(OC)c1. The van der Waals surface area contributed by atoms with Crippen molar-refractivity contribution >= 4 is 0 Å². The van der Waals surface area contributed by atoms with E-state index in [1.807, 2.05) is 30.3 Å². The maximum atomic E-state index is 9.95. The van der Waals surface area contributed by atoms with Gasteiger partial charge >= 0.3 is 0 Å². The van der Waals surface area contributed by atoms with Crippen LogP contribution in [-0.2, 0) is 0 Å². The van der Waals surface area contributed by atoms with Crippen molar-refractivity contribution in [1.29, 1.82) is 0 Å². The molecule has 1 aliphatic rings. The van der Waals surface area contributed by atoms with Crippen LogP contribution < -0.4 is 18.9 Å². The van der Waals surface area contributed by atoms with E-state index in [2.05, 4.69) is 0 Å². The number of benzene rings is 3. The summed E-state index contributed by atoms with van der Waals surface area (Å²) in [6.07, 6.45) is 0. The highest BCUT2D eigenvalue weighted by molar-refractivity contribution is 5.60. The van der Waals surface area contributed by atoms with Crippen LogP contribution in [0.15, 0.2) is 54.6 Å². The third-order valence-corrected chi connectivity index (χ3v) is 5.54. The molecule has 2 unspecified atom stereocenters.